The molecule has 1 N–H and O–H groups in total. The fraction of sp³-hybridized carbons (Fsp3) is 0.286. The molecule has 0 saturated heterocycles. The van der Waals surface area contributed by atoms with Crippen LogP contribution in [0.5, 0.6) is 5.75 Å². The smallest absolute Gasteiger partial charge is 0.224 e. The monoisotopic (exact) mass is 432 g/mol. The van der Waals surface area contributed by atoms with Gasteiger partial charge in [-0.2, -0.15) is 5.10 Å². The van der Waals surface area contributed by atoms with Gasteiger partial charge in [-0.3, -0.25) is 14.5 Å². The minimum absolute atomic E-state index is 0.156. The zero-order chi connectivity index (χ0) is 21.8. The van der Waals surface area contributed by atoms with E-state index in [2.05, 4.69) is 10.2 Å². The molecule has 0 fully saturated rings. The SMILES string of the molecule is COc1ccc(-c2n[nH]c(=S)n2CCC(=O)N(C)C(C)c2ccc(F)c(F)c2)cc1. The summed E-state index contributed by atoms with van der Waals surface area (Å²) in [6, 6.07) is 10.6. The van der Waals surface area contributed by atoms with Crippen LogP contribution in [0.4, 0.5) is 8.78 Å². The number of halogens is 2. The number of aromatic amines is 1. The van der Waals surface area contributed by atoms with Gasteiger partial charge in [-0.05, 0) is 61.1 Å². The first-order valence-electron chi connectivity index (χ1n) is 9.32. The fourth-order valence-electron chi connectivity index (χ4n) is 3.08. The zero-order valence-electron chi connectivity index (χ0n) is 16.9. The van der Waals surface area contributed by atoms with Crippen LogP contribution in [-0.4, -0.2) is 39.7 Å². The van der Waals surface area contributed by atoms with E-state index in [1.54, 1.807) is 25.6 Å². The number of carbonyl (C=O) groups is 1. The molecule has 1 unspecified atom stereocenters. The van der Waals surface area contributed by atoms with E-state index in [0.29, 0.717) is 22.7 Å². The molecule has 3 aromatic rings. The Bertz CT molecular complexity index is 1100. The first-order chi connectivity index (χ1) is 14.3. The highest BCUT2D eigenvalue weighted by Gasteiger charge is 2.19. The van der Waals surface area contributed by atoms with Crippen LogP contribution in [0.3, 0.4) is 0 Å². The van der Waals surface area contributed by atoms with Gasteiger partial charge >= 0.3 is 0 Å². The van der Waals surface area contributed by atoms with Crippen LogP contribution < -0.4 is 4.74 Å². The Morgan fingerprint density at radius 2 is 1.93 bits per heavy atom. The third kappa shape index (κ3) is 4.56. The molecule has 0 spiro atoms. The third-order valence-corrected chi connectivity index (χ3v) is 5.37. The van der Waals surface area contributed by atoms with Gasteiger partial charge in [-0.1, -0.05) is 6.07 Å². The normalized spacial score (nSPS) is 11.9. The van der Waals surface area contributed by atoms with E-state index < -0.39 is 17.7 Å². The molecule has 1 atom stereocenters. The highest BCUT2D eigenvalue weighted by Crippen LogP contribution is 2.23. The molecule has 0 bridgehead atoms. The topological polar surface area (TPSA) is 63.1 Å². The molecule has 158 valence electrons. The van der Waals surface area contributed by atoms with E-state index in [-0.39, 0.29) is 12.3 Å². The molecular formula is C21H22F2N4O2S. The summed E-state index contributed by atoms with van der Waals surface area (Å²) in [5, 5.41) is 7.03. The highest BCUT2D eigenvalue weighted by atomic mass is 32.1. The van der Waals surface area contributed by atoms with Crippen molar-refractivity contribution in [1.82, 2.24) is 19.7 Å². The van der Waals surface area contributed by atoms with Gasteiger partial charge in [0.15, 0.2) is 22.2 Å². The van der Waals surface area contributed by atoms with Crippen LogP contribution in [0.2, 0.25) is 0 Å². The Kier molecular flexibility index (Phi) is 6.61. The minimum atomic E-state index is -0.936. The van der Waals surface area contributed by atoms with E-state index in [9.17, 15) is 13.6 Å². The molecule has 1 aromatic heterocycles. The number of amides is 1. The molecule has 0 aliphatic heterocycles. The largest absolute Gasteiger partial charge is 0.497 e. The summed E-state index contributed by atoms with van der Waals surface area (Å²) in [4.78, 5) is 14.2. The number of benzene rings is 2. The molecule has 0 radical (unpaired) electrons. The van der Waals surface area contributed by atoms with Gasteiger partial charge in [0.05, 0.1) is 13.2 Å². The fourth-order valence-corrected chi connectivity index (χ4v) is 3.30. The maximum atomic E-state index is 13.5. The van der Waals surface area contributed by atoms with Crippen LogP contribution in [-0.2, 0) is 11.3 Å². The maximum Gasteiger partial charge on any atom is 0.224 e. The van der Waals surface area contributed by atoms with Gasteiger partial charge < -0.3 is 9.64 Å². The molecule has 2 aromatic carbocycles. The lowest BCUT2D eigenvalue weighted by Crippen LogP contribution is -2.30. The van der Waals surface area contributed by atoms with Crippen molar-refractivity contribution in [3.8, 4) is 17.1 Å². The van der Waals surface area contributed by atoms with E-state index in [1.165, 1.54) is 11.0 Å². The van der Waals surface area contributed by atoms with Crippen LogP contribution in [0, 0.1) is 16.4 Å². The summed E-state index contributed by atoms with van der Waals surface area (Å²) in [5.74, 6) is -0.667. The van der Waals surface area contributed by atoms with Crippen LogP contribution in [0.25, 0.3) is 11.4 Å². The third-order valence-electron chi connectivity index (χ3n) is 5.06. The Morgan fingerprint density at radius 3 is 2.57 bits per heavy atom. The zero-order valence-corrected chi connectivity index (χ0v) is 17.7. The average Bonchev–Trinajstić information content (AvgIpc) is 3.13. The first kappa shape index (κ1) is 21.6. The summed E-state index contributed by atoms with van der Waals surface area (Å²) in [6.07, 6.45) is 0.168. The standard InChI is InChI=1S/C21H22F2N4O2S/c1-13(15-6-9-17(22)18(23)12-15)26(2)19(28)10-11-27-20(24-25-21(27)30)14-4-7-16(29-3)8-5-14/h4-9,12-13H,10-11H2,1-3H3,(H,25,30). The van der Waals surface area contributed by atoms with Gasteiger partial charge in [-0.15, -0.1) is 0 Å². The van der Waals surface area contributed by atoms with Gasteiger partial charge in [-0.25, -0.2) is 8.78 Å². The number of H-pyrrole nitrogens is 1. The van der Waals surface area contributed by atoms with Crippen molar-refractivity contribution >= 4 is 18.1 Å². The summed E-state index contributed by atoms with van der Waals surface area (Å²) in [7, 11) is 3.22. The second-order valence-electron chi connectivity index (χ2n) is 6.84. The summed E-state index contributed by atoms with van der Waals surface area (Å²) in [6.45, 7) is 2.08. The number of hydrogen-bond donors (Lipinski definition) is 1. The van der Waals surface area contributed by atoms with Crippen molar-refractivity contribution in [1.29, 1.82) is 0 Å². The summed E-state index contributed by atoms with van der Waals surface area (Å²) < 4.78 is 34.0. The number of nitrogens with zero attached hydrogens (tertiary/aromatic N) is 3. The minimum Gasteiger partial charge on any atom is -0.497 e. The number of carbonyl (C=O) groups excluding carboxylic acids is 1. The van der Waals surface area contributed by atoms with E-state index in [4.69, 9.17) is 17.0 Å². The Labute approximate surface area is 178 Å². The van der Waals surface area contributed by atoms with E-state index in [0.717, 1.165) is 23.4 Å². The Hall–Kier alpha value is -3.07. The number of ether oxygens (including phenoxy) is 1. The molecule has 1 amide bonds. The second-order valence-corrected chi connectivity index (χ2v) is 7.22. The maximum absolute atomic E-state index is 13.5. The number of rotatable bonds is 7. The second kappa shape index (κ2) is 9.17. The number of hydrogen-bond acceptors (Lipinski definition) is 4. The van der Waals surface area contributed by atoms with Crippen LogP contribution >= 0.6 is 12.2 Å². The lowest BCUT2D eigenvalue weighted by molar-refractivity contribution is -0.132. The molecular weight excluding hydrogens is 410 g/mol. The summed E-state index contributed by atoms with van der Waals surface area (Å²) >= 11 is 5.31. The van der Waals surface area contributed by atoms with Crippen molar-refractivity contribution in [2.24, 2.45) is 0 Å². The van der Waals surface area contributed by atoms with Gasteiger partial charge in [0.1, 0.15) is 5.75 Å². The van der Waals surface area contributed by atoms with Crippen molar-refractivity contribution in [2.75, 3.05) is 14.2 Å². The van der Waals surface area contributed by atoms with Gasteiger partial charge in [0.25, 0.3) is 0 Å². The molecule has 1 heterocycles. The summed E-state index contributed by atoms with van der Waals surface area (Å²) in [5.41, 5.74) is 1.35. The predicted molar refractivity (Wildman–Crippen MR) is 112 cm³/mol. The number of methoxy groups -OCH3 is 1. The van der Waals surface area contributed by atoms with Crippen molar-refractivity contribution in [3.05, 3.63) is 64.4 Å². The number of nitrogens with one attached hydrogen (secondary N) is 1. The molecule has 0 aliphatic rings. The van der Waals surface area contributed by atoms with Crippen molar-refractivity contribution < 1.29 is 18.3 Å². The number of aromatic nitrogens is 3. The van der Waals surface area contributed by atoms with Crippen LogP contribution in [0.1, 0.15) is 24.9 Å². The average molecular weight is 432 g/mol. The van der Waals surface area contributed by atoms with Gasteiger partial charge in [0, 0.05) is 25.6 Å². The Morgan fingerprint density at radius 1 is 1.23 bits per heavy atom. The Balaban J connectivity index is 1.71. The molecule has 0 aliphatic carbocycles. The first-order valence-corrected chi connectivity index (χ1v) is 9.73. The van der Waals surface area contributed by atoms with E-state index in [1.807, 2.05) is 24.3 Å². The lowest BCUT2D eigenvalue weighted by atomic mass is 10.1. The molecule has 9 heteroatoms. The van der Waals surface area contributed by atoms with Crippen molar-refractivity contribution in [2.45, 2.75) is 25.9 Å². The molecule has 30 heavy (non-hydrogen) atoms. The predicted octanol–water partition coefficient (Wildman–Crippen LogP) is 4.50. The van der Waals surface area contributed by atoms with Crippen molar-refractivity contribution in [3.63, 3.8) is 0 Å². The lowest BCUT2D eigenvalue weighted by Gasteiger charge is -2.25. The molecule has 3 rings (SSSR count). The molecule has 0 saturated carbocycles. The van der Waals surface area contributed by atoms with Gasteiger partial charge in [0.2, 0.25) is 5.91 Å². The van der Waals surface area contributed by atoms with E-state index >= 15 is 0 Å². The highest BCUT2D eigenvalue weighted by molar-refractivity contribution is 7.71. The molecule has 6 nitrogen and oxygen atoms in total. The van der Waals surface area contributed by atoms with Crippen LogP contribution in [0.15, 0.2) is 42.5 Å². The quantitative estimate of drug-likeness (QED) is 0.558.